The van der Waals surface area contributed by atoms with E-state index < -0.39 is 0 Å². The molecular formula is C20H17ClN4O2. The largest absolute Gasteiger partial charge is 0.348 e. The highest BCUT2D eigenvalue weighted by Gasteiger charge is 2.12. The third-order valence-corrected chi connectivity index (χ3v) is 4.20. The summed E-state index contributed by atoms with van der Waals surface area (Å²) < 4.78 is 0. The fourth-order valence-corrected chi connectivity index (χ4v) is 2.59. The number of carbonyl (C=O) groups excluding carboxylic acids is 2. The number of nitrogens with one attached hydrogen (secondary N) is 2. The zero-order chi connectivity index (χ0) is 19.1. The molecule has 2 heterocycles. The molecule has 3 aromatic rings. The lowest BCUT2D eigenvalue weighted by Crippen LogP contribution is -2.26. The van der Waals surface area contributed by atoms with Gasteiger partial charge in [0.1, 0.15) is 5.69 Å². The molecule has 1 aromatic carbocycles. The third kappa shape index (κ3) is 5.12. The number of carbonyl (C=O) groups is 2. The lowest BCUT2D eigenvalue weighted by Gasteiger charge is -2.08. The summed E-state index contributed by atoms with van der Waals surface area (Å²) in [5.74, 6) is -0.668. The minimum Gasteiger partial charge on any atom is -0.348 e. The number of nitrogens with zero attached hydrogens (tertiary/aromatic N) is 2. The van der Waals surface area contributed by atoms with E-state index in [4.69, 9.17) is 11.6 Å². The highest BCUT2D eigenvalue weighted by Crippen LogP contribution is 2.14. The Morgan fingerprint density at radius 1 is 0.926 bits per heavy atom. The second-order valence-electron chi connectivity index (χ2n) is 5.75. The van der Waals surface area contributed by atoms with Gasteiger partial charge in [0.15, 0.2) is 0 Å². The van der Waals surface area contributed by atoms with Crippen LogP contribution < -0.4 is 10.6 Å². The number of hydrogen-bond acceptors (Lipinski definition) is 4. The maximum atomic E-state index is 12.4. The molecule has 0 aliphatic rings. The van der Waals surface area contributed by atoms with Crippen LogP contribution in [0.1, 0.15) is 32.0 Å². The Hall–Kier alpha value is -3.25. The molecule has 27 heavy (non-hydrogen) atoms. The minimum absolute atomic E-state index is 0.171. The Kier molecular flexibility index (Phi) is 6.12. The number of benzene rings is 1. The van der Waals surface area contributed by atoms with Crippen LogP contribution in [0.15, 0.2) is 67.1 Å². The molecule has 2 N–H and O–H groups in total. The van der Waals surface area contributed by atoms with E-state index in [1.807, 2.05) is 24.3 Å². The summed E-state index contributed by atoms with van der Waals surface area (Å²) in [4.78, 5) is 32.7. The second-order valence-corrected chi connectivity index (χ2v) is 6.15. The summed E-state index contributed by atoms with van der Waals surface area (Å²) in [6.07, 6.45) is 4.77. The van der Waals surface area contributed by atoms with Gasteiger partial charge in [-0.15, -0.1) is 0 Å². The zero-order valence-corrected chi connectivity index (χ0v) is 15.1. The van der Waals surface area contributed by atoms with Crippen LogP contribution in [0.3, 0.4) is 0 Å². The molecule has 0 aliphatic heterocycles. The van der Waals surface area contributed by atoms with Gasteiger partial charge in [-0.25, -0.2) is 0 Å². The van der Waals surface area contributed by atoms with Crippen LogP contribution in [-0.4, -0.2) is 21.8 Å². The van der Waals surface area contributed by atoms with Crippen molar-refractivity contribution >= 4 is 23.4 Å². The third-order valence-electron chi connectivity index (χ3n) is 3.83. The molecule has 0 bridgehead atoms. The maximum absolute atomic E-state index is 12.4. The van der Waals surface area contributed by atoms with E-state index in [-0.39, 0.29) is 17.5 Å². The molecule has 0 unspecified atom stereocenters. The van der Waals surface area contributed by atoms with Gasteiger partial charge in [-0.3, -0.25) is 19.6 Å². The molecule has 0 atom stereocenters. The predicted molar refractivity (Wildman–Crippen MR) is 102 cm³/mol. The molecule has 136 valence electrons. The van der Waals surface area contributed by atoms with Crippen molar-refractivity contribution in [2.24, 2.45) is 0 Å². The summed E-state index contributed by atoms with van der Waals surface area (Å²) in [6, 6.07) is 14.0. The van der Waals surface area contributed by atoms with Crippen LogP contribution in [0.4, 0.5) is 0 Å². The molecule has 2 aromatic heterocycles. The number of hydrogen-bond donors (Lipinski definition) is 2. The van der Waals surface area contributed by atoms with Crippen molar-refractivity contribution in [3.05, 3.63) is 94.5 Å². The van der Waals surface area contributed by atoms with E-state index in [1.165, 1.54) is 12.3 Å². The number of rotatable bonds is 6. The molecule has 0 aliphatic carbocycles. The first kappa shape index (κ1) is 18.5. The molecular weight excluding hydrogens is 364 g/mol. The highest BCUT2D eigenvalue weighted by molar-refractivity contribution is 6.31. The van der Waals surface area contributed by atoms with Crippen molar-refractivity contribution in [1.29, 1.82) is 0 Å². The van der Waals surface area contributed by atoms with Gasteiger partial charge in [-0.2, -0.15) is 0 Å². The van der Waals surface area contributed by atoms with Gasteiger partial charge in [0.2, 0.25) is 0 Å². The summed E-state index contributed by atoms with van der Waals surface area (Å²) >= 11 is 6.09. The molecule has 3 rings (SSSR count). The van der Waals surface area contributed by atoms with Gasteiger partial charge < -0.3 is 10.6 Å². The highest BCUT2D eigenvalue weighted by atomic mass is 35.5. The van der Waals surface area contributed by atoms with Gasteiger partial charge in [0.05, 0.1) is 0 Å². The Balaban J connectivity index is 1.61. The Labute approximate surface area is 161 Å². The predicted octanol–water partition coefficient (Wildman–Crippen LogP) is 2.99. The summed E-state index contributed by atoms with van der Waals surface area (Å²) in [5, 5.41) is 6.13. The van der Waals surface area contributed by atoms with Crippen LogP contribution in [0.25, 0.3) is 0 Å². The molecule has 6 nitrogen and oxygen atoms in total. The van der Waals surface area contributed by atoms with Crippen molar-refractivity contribution in [3.8, 4) is 0 Å². The van der Waals surface area contributed by atoms with E-state index in [1.54, 1.807) is 30.6 Å². The Bertz CT molecular complexity index is 947. The Morgan fingerprint density at radius 3 is 2.52 bits per heavy atom. The number of amides is 2. The van der Waals surface area contributed by atoms with Crippen LogP contribution in [0.5, 0.6) is 0 Å². The van der Waals surface area contributed by atoms with E-state index in [9.17, 15) is 9.59 Å². The first-order valence-electron chi connectivity index (χ1n) is 8.28. The van der Waals surface area contributed by atoms with E-state index >= 15 is 0 Å². The minimum atomic E-state index is -0.361. The van der Waals surface area contributed by atoms with E-state index in [2.05, 4.69) is 20.6 Å². The summed E-state index contributed by atoms with van der Waals surface area (Å²) in [5.41, 5.74) is 2.21. The lowest BCUT2D eigenvalue weighted by molar-refractivity contribution is 0.0946. The van der Waals surface area contributed by atoms with Crippen molar-refractivity contribution in [3.63, 3.8) is 0 Å². The smallest absolute Gasteiger partial charge is 0.270 e. The SMILES string of the molecule is O=C(NCc1ccccc1Cl)c1ccnc(C(=O)NCc2cccnc2)c1. The van der Waals surface area contributed by atoms with Crippen LogP contribution in [0.2, 0.25) is 5.02 Å². The van der Waals surface area contributed by atoms with Crippen LogP contribution in [-0.2, 0) is 13.1 Å². The Morgan fingerprint density at radius 2 is 1.74 bits per heavy atom. The normalized spacial score (nSPS) is 10.3. The number of halogens is 1. The van der Waals surface area contributed by atoms with Crippen LogP contribution >= 0.6 is 11.6 Å². The molecule has 0 spiro atoms. The molecule has 0 saturated heterocycles. The van der Waals surface area contributed by atoms with Gasteiger partial charge in [0, 0.05) is 42.3 Å². The fourth-order valence-electron chi connectivity index (χ4n) is 2.39. The molecule has 7 heteroatoms. The molecule has 0 fully saturated rings. The molecule has 2 amide bonds. The first-order valence-corrected chi connectivity index (χ1v) is 8.66. The quantitative estimate of drug-likeness (QED) is 0.688. The molecule has 0 saturated carbocycles. The average Bonchev–Trinajstić information content (AvgIpc) is 2.72. The van der Waals surface area contributed by atoms with Gasteiger partial charge >= 0.3 is 0 Å². The topological polar surface area (TPSA) is 84.0 Å². The fraction of sp³-hybridized carbons (Fsp3) is 0.100. The second kappa shape index (κ2) is 8.91. The summed E-state index contributed by atoms with van der Waals surface area (Å²) in [6.45, 7) is 0.626. The van der Waals surface area contributed by atoms with Crippen molar-refractivity contribution in [2.75, 3.05) is 0 Å². The van der Waals surface area contributed by atoms with Gasteiger partial charge in [0.25, 0.3) is 11.8 Å². The van der Waals surface area contributed by atoms with Gasteiger partial charge in [-0.05, 0) is 35.4 Å². The van der Waals surface area contributed by atoms with Crippen molar-refractivity contribution in [2.45, 2.75) is 13.1 Å². The monoisotopic (exact) mass is 380 g/mol. The maximum Gasteiger partial charge on any atom is 0.270 e. The lowest BCUT2D eigenvalue weighted by atomic mass is 10.2. The number of pyridine rings is 2. The zero-order valence-electron chi connectivity index (χ0n) is 14.4. The number of aromatic nitrogens is 2. The molecule has 0 radical (unpaired) electrons. The first-order chi connectivity index (χ1) is 13.1. The van der Waals surface area contributed by atoms with Crippen LogP contribution in [0, 0.1) is 0 Å². The average molecular weight is 381 g/mol. The summed E-state index contributed by atoms with van der Waals surface area (Å²) in [7, 11) is 0. The van der Waals surface area contributed by atoms with E-state index in [0.29, 0.717) is 23.7 Å². The van der Waals surface area contributed by atoms with E-state index in [0.717, 1.165) is 11.1 Å². The van der Waals surface area contributed by atoms with Crippen molar-refractivity contribution in [1.82, 2.24) is 20.6 Å². The standard InChI is InChI=1S/C20H17ClN4O2/c21-17-6-2-1-5-16(17)13-25-19(26)15-7-9-23-18(10-15)20(27)24-12-14-4-3-8-22-11-14/h1-11H,12-13H2,(H,24,27)(H,25,26). The van der Waals surface area contributed by atoms with Gasteiger partial charge in [-0.1, -0.05) is 35.9 Å². The van der Waals surface area contributed by atoms with Crippen molar-refractivity contribution < 1.29 is 9.59 Å².